The molecule has 0 radical (unpaired) electrons. The van der Waals surface area contributed by atoms with Crippen molar-refractivity contribution in [1.82, 2.24) is 4.90 Å². The molecule has 0 N–H and O–H groups in total. The average Bonchev–Trinajstić information content (AvgIpc) is 3.16. The normalized spacial score (nSPS) is 18.0. The van der Waals surface area contributed by atoms with Crippen LogP contribution in [-0.2, 0) is 11.4 Å². The Morgan fingerprint density at radius 1 is 0.971 bits per heavy atom. The molecule has 5 rings (SSSR count). The second-order valence-corrected chi connectivity index (χ2v) is 10.6. The van der Waals surface area contributed by atoms with Gasteiger partial charge in [0, 0.05) is 6.04 Å². The number of thioether (sulfide) groups is 1. The highest BCUT2D eigenvalue weighted by atomic mass is 32.2. The summed E-state index contributed by atoms with van der Waals surface area (Å²) in [6.07, 6.45) is 7.57. The Kier molecular flexibility index (Phi) is 7.40. The maximum atomic E-state index is 13.1. The fourth-order valence-corrected chi connectivity index (χ4v) is 6.18. The molecule has 6 heteroatoms. The molecule has 1 amide bonds. The molecule has 0 aromatic heterocycles. The predicted molar refractivity (Wildman–Crippen MR) is 148 cm³/mol. The number of carbonyl (C=O) groups is 1. The van der Waals surface area contributed by atoms with Gasteiger partial charge in [-0.3, -0.25) is 9.69 Å². The average molecular weight is 504 g/mol. The smallest absolute Gasteiger partial charge is 0.266 e. The Hall–Kier alpha value is -2.83. The third kappa shape index (κ3) is 5.39. The van der Waals surface area contributed by atoms with Gasteiger partial charge in [-0.15, -0.1) is 0 Å². The lowest BCUT2D eigenvalue weighted by Gasteiger charge is -2.29. The number of benzene rings is 3. The third-order valence-corrected chi connectivity index (χ3v) is 7.87. The highest BCUT2D eigenvalue weighted by Gasteiger charge is 2.37. The maximum absolute atomic E-state index is 13.1. The minimum absolute atomic E-state index is 0.0292. The molecule has 1 saturated heterocycles. The summed E-state index contributed by atoms with van der Waals surface area (Å²) in [6, 6.07) is 20.7. The Balaban J connectivity index is 1.32. The molecule has 0 atom stereocenters. The minimum Gasteiger partial charge on any atom is -0.490 e. The van der Waals surface area contributed by atoms with E-state index in [1.54, 1.807) is 0 Å². The number of carbonyl (C=O) groups excluding carboxylic acids is 1. The summed E-state index contributed by atoms with van der Waals surface area (Å²) in [6.45, 7) is 2.93. The summed E-state index contributed by atoms with van der Waals surface area (Å²) in [5, 5.41) is 2.41. The Labute approximate surface area is 216 Å². The molecule has 0 bridgehead atoms. The van der Waals surface area contributed by atoms with E-state index < -0.39 is 0 Å². The van der Waals surface area contributed by atoms with Crippen molar-refractivity contribution in [2.45, 2.75) is 51.7 Å². The number of hydrogen-bond donors (Lipinski definition) is 0. The van der Waals surface area contributed by atoms with E-state index in [-0.39, 0.29) is 11.9 Å². The van der Waals surface area contributed by atoms with Crippen LogP contribution in [0.4, 0.5) is 0 Å². The van der Waals surface area contributed by atoms with Gasteiger partial charge in [0.1, 0.15) is 10.9 Å². The maximum Gasteiger partial charge on any atom is 0.266 e. The molecule has 1 heterocycles. The van der Waals surface area contributed by atoms with Gasteiger partial charge in [0.15, 0.2) is 11.5 Å². The molecule has 180 valence electrons. The van der Waals surface area contributed by atoms with Crippen LogP contribution in [0.15, 0.2) is 65.6 Å². The van der Waals surface area contributed by atoms with Gasteiger partial charge < -0.3 is 9.47 Å². The summed E-state index contributed by atoms with van der Waals surface area (Å²) in [7, 11) is 0. The zero-order valence-corrected chi connectivity index (χ0v) is 21.5. The number of amides is 1. The van der Waals surface area contributed by atoms with Gasteiger partial charge >= 0.3 is 0 Å². The minimum atomic E-state index is 0.0292. The Bertz CT molecular complexity index is 1280. The van der Waals surface area contributed by atoms with E-state index in [0.717, 1.165) is 24.0 Å². The molecule has 3 aromatic rings. The SMILES string of the molecule is CCOc1cc(/C=C2\SC(=S)N(C3CCCCC3)C2=O)ccc1OCc1ccc2ccccc2c1. The Morgan fingerprint density at radius 2 is 1.77 bits per heavy atom. The molecule has 1 aliphatic heterocycles. The van der Waals surface area contributed by atoms with Crippen molar-refractivity contribution < 1.29 is 14.3 Å². The van der Waals surface area contributed by atoms with E-state index in [0.29, 0.717) is 33.9 Å². The molecule has 35 heavy (non-hydrogen) atoms. The van der Waals surface area contributed by atoms with Gasteiger partial charge in [-0.25, -0.2) is 0 Å². The van der Waals surface area contributed by atoms with Gasteiger partial charge in [-0.1, -0.05) is 85.7 Å². The summed E-state index contributed by atoms with van der Waals surface area (Å²) < 4.78 is 12.7. The van der Waals surface area contributed by atoms with Crippen LogP contribution in [0.5, 0.6) is 11.5 Å². The quantitative estimate of drug-likeness (QED) is 0.249. The van der Waals surface area contributed by atoms with Crippen molar-refractivity contribution in [1.29, 1.82) is 0 Å². The van der Waals surface area contributed by atoms with Crippen LogP contribution in [0, 0.1) is 0 Å². The summed E-state index contributed by atoms with van der Waals surface area (Å²) >= 11 is 6.97. The molecule has 0 unspecified atom stereocenters. The van der Waals surface area contributed by atoms with E-state index in [2.05, 4.69) is 30.3 Å². The number of fused-ring (bicyclic) bond motifs is 1. The fraction of sp³-hybridized carbons (Fsp3) is 0.310. The van der Waals surface area contributed by atoms with Crippen molar-refractivity contribution in [2.75, 3.05) is 6.61 Å². The molecular formula is C29H29NO3S2. The largest absolute Gasteiger partial charge is 0.490 e. The van der Waals surface area contributed by atoms with Crippen LogP contribution in [0.25, 0.3) is 16.8 Å². The number of hydrogen-bond acceptors (Lipinski definition) is 5. The second kappa shape index (κ2) is 10.8. The zero-order chi connectivity index (χ0) is 24.2. The molecule has 3 aromatic carbocycles. The van der Waals surface area contributed by atoms with E-state index in [1.165, 1.54) is 41.8 Å². The van der Waals surface area contributed by atoms with Gasteiger partial charge in [0.2, 0.25) is 0 Å². The summed E-state index contributed by atoms with van der Waals surface area (Å²) in [4.78, 5) is 15.7. The number of nitrogens with zero attached hydrogens (tertiary/aromatic N) is 1. The van der Waals surface area contributed by atoms with Gasteiger partial charge in [-0.05, 0) is 65.9 Å². The molecule has 1 aliphatic carbocycles. The predicted octanol–water partition coefficient (Wildman–Crippen LogP) is 7.35. The van der Waals surface area contributed by atoms with Crippen molar-refractivity contribution in [3.8, 4) is 11.5 Å². The van der Waals surface area contributed by atoms with Crippen molar-refractivity contribution in [3.05, 3.63) is 76.7 Å². The molecule has 2 aliphatic rings. The van der Waals surface area contributed by atoms with Crippen LogP contribution < -0.4 is 9.47 Å². The van der Waals surface area contributed by atoms with Crippen LogP contribution in [0.2, 0.25) is 0 Å². The molecule has 1 saturated carbocycles. The molecule has 2 fully saturated rings. The number of ether oxygens (including phenoxy) is 2. The van der Waals surface area contributed by atoms with Gasteiger partial charge in [0.25, 0.3) is 5.91 Å². The highest BCUT2D eigenvalue weighted by Crippen LogP contribution is 2.38. The first-order chi connectivity index (χ1) is 17.1. The van der Waals surface area contributed by atoms with Crippen molar-refractivity contribution in [2.24, 2.45) is 0 Å². The van der Waals surface area contributed by atoms with Crippen LogP contribution in [0.3, 0.4) is 0 Å². The van der Waals surface area contributed by atoms with Crippen LogP contribution >= 0.6 is 24.0 Å². The summed E-state index contributed by atoms with van der Waals surface area (Å²) in [5.74, 6) is 1.39. The Morgan fingerprint density at radius 3 is 2.57 bits per heavy atom. The van der Waals surface area contributed by atoms with Crippen LogP contribution in [0.1, 0.15) is 50.2 Å². The lowest BCUT2D eigenvalue weighted by atomic mass is 9.94. The number of thiocarbonyl (C=S) groups is 1. The van der Waals surface area contributed by atoms with E-state index in [1.807, 2.05) is 48.2 Å². The topological polar surface area (TPSA) is 38.8 Å². The van der Waals surface area contributed by atoms with E-state index in [9.17, 15) is 4.79 Å². The van der Waals surface area contributed by atoms with E-state index >= 15 is 0 Å². The van der Waals surface area contributed by atoms with E-state index in [4.69, 9.17) is 21.7 Å². The lowest BCUT2D eigenvalue weighted by molar-refractivity contribution is -0.124. The zero-order valence-electron chi connectivity index (χ0n) is 19.9. The van der Waals surface area contributed by atoms with Gasteiger partial charge in [-0.2, -0.15) is 0 Å². The first-order valence-electron chi connectivity index (χ1n) is 12.3. The monoisotopic (exact) mass is 503 g/mol. The fourth-order valence-electron chi connectivity index (χ4n) is 4.78. The first-order valence-corrected chi connectivity index (χ1v) is 13.5. The van der Waals surface area contributed by atoms with Crippen molar-refractivity contribution >= 4 is 51.1 Å². The summed E-state index contributed by atoms with van der Waals surface area (Å²) in [5.41, 5.74) is 2.00. The standard InChI is InChI=1S/C29H29NO3S2/c1-2-32-26-17-20(18-27-28(31)30(29(34)35-27)24-10-4-3-5-11-24)13-15-25(26)33-19-21-12-14-22-8-6-7-9-23(22)16-21/h6-9,12-18,24H,2-5,10-11,19H2,1H3/b27-18-. The molecular weight excluding hydrogens is 474 g/mol. The molecule has 0 spiro atoms. The number of rotatable bonds is 7. The van der Waals surface area contributed by atoms with Crippen LogP contribution in [-0.4, -0.2) is 27.8 Å². The third-order valence-electron chi connectivity index (χ3n) is 6.54. The van der Waals surface area contributed by atoms with Gasteiger partial charge in [0.05, 0.1) is 11.5 Å². The first kappa shape index (κ1) is 23.9. The molecule has 4 nitrogen and oxygen atoms in total. The lowest BCUT2D eigenvalue weighted by Crippen LogP contribution is -2.39. The second-order valence-electron chi connectivity index (χ2n) is 8.95. The van der Waals surface area contributed by atoms with Crippen molar-refractivity contribution in [3.63, 3.8) is 0 Å². The highest BCUT2D eigenvalue weighted by molar-refractivity contribution is 8.26.